The summed E-state index contributed by atoms with van der Waals surface area (Å²) in [5.74, 6) is 0.391. The van der Waals surface area contributed by atoms with Crippen LogP contribution in [0, 0.1) is 0 Å². The average molecular weight is 281 g/mol. The first-order valence-corrected chi connectivity index (χ1v) is 6.55. The number of ether oxygens (including phenoxy) is 1. The van der Waals surface area contributed by atoms with Crippen molar-refractivity contribution >= 4 is 28.6 Å². The predicted octanol–water partition coefficient (Wildman–Crippen LogP) is 3.07. The van der Waals surface area contributed by atoms with Gasteiger partial charge in [0.05, 0.1) is 17.6 Å². The summed E-state index contributed by atoms with van der Waals surface area (Å²) in [7, 11) is 1.89. The monoisotopic (exact) mass is 280 g/mol. The van der Waals surface area contributed by atoms with Crippen LogP contribution in [0.5, 0.6) is 0 Å². The molecule has 5 heteroatoms. The van der Waals surface area contributed by atoms with Gasteiger partial charge >= 0.3 is 5.97 Å². The molecule has 0 fully saturated rings. The fraction of sp³-hybridized carbons (Fsp3) is 0.429. The molecule has 0 unspecified atom stereocenters. The summed E-state index contributed by atoms with van der Waals surface area (Å²) in [6.45, 7) is 5.78. The van der Waals surface area contributed by atoms with Crippen LogP contribution in [0.15, 0.2) is 18.2 Å². The van der Waals surface area contributed by atoms with Crippen LogP contribution in [0.1, 0.15) is 26.6 Å². The van der Waals surface area contributed by atoms with Gasteiger partial charge in [0.15, 0.2) is 0 Å². The number of benzene rings is 1. The first-order valence-electron chi connectivity index (χ1n) is 6.17. The maximum absolute atomic E-state index is 12.1. The Bertz CT molecular complexity index is 632. The van der Waals surface area contributed by atoms with E-state index in [2.05, 4.69) is 4.98 Å². The van der Waals surface area contributed by atoms with Crippen molar-refractivity contribution in [2.75, 3.05) is 6.61 Å². The van der Waals surface area contributed by atoms with Gasteiger partial charge in [-0.1, -0.05) is 11.6 Å². The Labute approximate surface area is 117 Å². The largest absolute Gasteiger partial charge is 0.465 e. The zero-order chi connectivity index (χ0) is 14.2. The van der Waals surface area contributed by atoms with Crippen molar-refractivity contribution < 1.29 is 9.53 Å². The maximum Gasteiger partial charge on any atom is 0.319 e. The molecular weight excluding hydrogens is 264 g/mol. The van der Waals surface area contributed by atoms with E-state index in [1.54, 1.807) is 13.0 Å². The van der Waals surface area contributed by atoms with E-state index in [-0.39, 0.29) is 5.97 Å². The lowest BCUT2D eigenvalue weighted by atomic mass is 9.92. The number of imidazole rings is 1. The summed E-state index contributed by atoms with van der Waals surface area (Å²) in [6, 6.07) is 5.50. The maximum atomic E-state index is 12.1. The topological polar surface area (TPSA) is 44.1 Å². The second-order valence-corrected chi connectivity index (χ2v) is 5.41. The molecule has 1 aromatic heterocycles. The molecule has 0 N–H and O–H groups in total. The van der Waals surface area contributed by atoms with E-state index >= 15 is 0 Å². The Morgan fingerprint density at radius 2 is 2.16 bits per heavy atom. The third-order valence-electron chi connectivity index (χ3n) is 3.19. The first kappa shape index (κ1) is 13.9. The molecule has 0 atom stereocenters. The number of carbonyl (C=O) groups is 1. The second kappa shape index (κ2) is 4.85. The van der Waals surface area contributed by atoms with Crippen molar-refractivity contribution in [1.29, 1.82) is 0 Å². The van der Waals surface area contributed by atoms with Crippen LogP contribution in [0.3, 0.4) is 0 Å². The fourth-order valence-electron chi connectivity index (χ4n) is 2.13. The standard InChI is InChI=1S/C14H17ClN2O2/c1-5-19-13(18)14(2,3)12-16-10-8-9(15)6-7-11(10)17(12)4/h6-8H,5H2,1-4H3. The number of aromatic nitrogens is 2. The van der Waals surface area contributed by atoms with Crippen LogP contribution in [-0.4, -0.2) is 22.1 Å². The smallest absolute Gasteiger partial charge is 0.319 e. The highest BCUT2D eigenvalue weighted by Crippen LogP contribution is 2.28. The Kier molecular flexibility index (Phi) is 3.54. The van der Waals surface area contributed by atoms with Crippen LogP contribution in [0.4, 0.5) is 0 Å². The van der Waals surface area contributed by atoms with Crippen molar-refractivity contribution in [3.05, 3.63) is 29.0 Å². The lowest BCUT2D eigenvalue weighted by Crippen LogP contribution is -2.33. The molecule has 0 amide bonds. The quantitative estimate of drug-likeness (QED) is 0.812. The number of hydrogen-bond acceptors (Lipinski definition) is 3. The van der Waals surface area contributed by atoms with Gasteiger partial charge in [0.2, 0.25) is 0 Å². The van der Waals surface area contributed by atoms with Crippen molar-refractivity contribution in [3.63, 3.8) is 0 Å². The number of hydrogen-bond donors (Lipinski definition) is 0. The van der Waals surface area contributed by atoms with Crippen molar-refractivity contribution in [3.8, 4) is 0 Å². The number of aryl methyl sites for hydroxylation is 1. The minimum absolute atomic E-state index is 0.278. The zero-order valence-corrected chi connectivity index (χ0v) is 12.3. The Morgan fingerprint density at radius 1 is 1.47 bits per heavy atom. The van der Waals surface area contributed by atoms with Crippen LogP contribution in [0.25, 0.3) is 11.0 Å². The molecule has 0 bridgehead atoms. The molecule has 0 saturated carbocycles. The van der Waals surface area contributed by atoms with Gasteiger partial charge < -0.3 is 9.30 Å². The minimum atomic E-state index is -0.795. The number of fused-ring (bicyclic) bond motifs is 1. The molecular formula is C14H17ClN2O2. The van der Waals surface area contributed by atoms with E-state index in [9.17, 15) is 4.79 Å². The van der Waals surface area contributed by atoms with Gasteiger partial charge in [0.25, 0.3) is 0 Å². The summed E-state index contributed by atoms with van der Waals surface area (Å²) >= 11 is 5.97. The molecule has 2 rings (SSSR count). The molecule has 4 nitrogen and oxygen atoms in total. The zero-order valence-electron chi connectivity index (χ0n) is 11.5. The highest BCUT2D eigenvalue weighted by Gasteiger charge is 2.36. The number of nitrogens with zero attached hydrogens (tertiary/aromatic N) is 2. The van der Waals surface area contributed by atoms with Gasteiger partial charge in [-0.15, -0.1) is 0 Å². The molecule has 0 radical (unpaired) electrons. The molecule has 0 aliphatic carbocycles. The number of rotatable bonds is 3. The molecule has 102 valence electrons. The number of esters is 1. The third kappa shape index (κ3) is 2.32. The Balaban J connectivity index is 2.56. The van der Waals surface area contributed by atoms with E-state index in [1.807, 2.05) is 37.6 Å². The molecule has 1 heterocycles. The van der Waals surface area contributed by atoms with E-state index in [4.69, 9.17) is 16.3 Å². The highest BCUT2D eigenvalue weighted by atomic mass is 35.5. The lowest BCUT2D eigenvalue weighted by Gasteiger charge is -2.21. The summed E-state index contributed by atoms with van der Waals surface area (Å²) in [5, 5.41) is 0.631. The summed E-state index contributed by atoms with van der Waals surface area (Å²) in [4.78, 5) is 16.6. The van der Waals surface area contributed by atoms with E-state index < -0.39 is 5.41 Å². The summed E-state index contributed by atoms with van der Waals surface area (Å²) < 4.78 is 7.02. The second-order valence-electron chi connectivity index (χ2n) is 4.97. The number of halogens is 1. The first-order chi connectivity index (χ1) is 8.87. The van der Waals surface area contributed by atoms with Crippen LogP contribution >= 0.6 is 11.6 Å². The van der Waals surface area contributed by atoms with Crippen molar-refractivity contribution in [2.24, 2.45) is 7.05 Å². The van der Waals surface area contributed by atoms with Crippen LogP contribution in [0.2, 0.25) is 5.02 Å². The van der Waals surface area contributed by atoms with Gasteiger partial charge in [0, 0.05) is 12.1 Å². The van der Waals surface area contributed by atoms with Crippen LogP contribution < -0.4 is 0 Å². The lowest BCUT2D eigenvalue weighted by molar-refractivity contribution is -0.149. The van der Waals surface area contributed by atoms with Crippen molar-refractivity contribution in [1.82, 2.24) is 9.55 Å². The molecule has 0 aliphatic rings. The SMILES string of the molecule is CCOC(=O)C(C)(C)c1nc2cc(Cl)ccc2n1C. The van der Waals surface area contributed by atoms with E-state index in [1.165, 1.54) is 0 Å². The average Bonchev–Trinajstić information content (AvgIpc) is 2.67. The van der Waals surface area contributed by atoms with Gasteiger partial charge in [-0.2, -0.15) is 0 Å². The molecule has 0 spiro atoms. The molecule has 1 aromatic carbocycles. The van der Waals surface area contributed by atoms with Crippen molar-refractivity contribution in [2.45, 2.75) is 26.2 Å². The highest BCUT2D eigenvalue weighted by molar-refractivity contribution is 6.31. The number of carbonyl (C=O) groups excluding carboxylic acids is 1. The molecule has 0 aliphatic heterocycles. The molecule has 19 heavy (non-hydrogen) atoms. The molecule has 2 aromatic rings. The Morgan fingerprint density at radius 3 is 2.79 bits per heavy atom. The summed E-state index contributed by atoms with van der Waals surface area (Å²) in [5.41, 5.74) is 0.926. The minimum Gasteiger partial charge on any atom is -0.465 e. The predicted molar refractivity (Wildman–Crippen MR) is 75.4 cm³/mol. The third-order valence-corrected chi connectivity index (χ3v) is 3.42. The fourth-order valence-corrected chi connectivity index (χ4v) is 2.30. The Hall–Kier alpha value is -1.55. The van der Waals surface area contributed by atoms with Crippen LogP contribution in [-0.2, 0) is 22.0 Å². The van der Waals surface area contributed by atoms with Gasteiger partial charge in [0.1, 0.15) is 11.2 Å². The normalized spacial score (nSPS) is 11.8. The van der Waals surface area contributed by atoms with E-state index in [0.29, 0.717) is 17.5 Å². The molecule has 0 saturated heterocycles. The van der Waals surface area contributed by atoms with E-state index in [0.717, 1.165) is 11.0 Å². The summed E-state index contributed by atoms with van der Waals surface area (Å²) in [6.07, 6.45) is 0. The van der Waals surface area contributed by atoms with Gasteiger partial charge in [-0.25, -0.2) is 4.98 Å². The van der Waals surface area contributed by atoms with Gasteiger partial charge in [-0.05, 0) is 39.0 Å². The van der Waals surface area contributed by atoms with Gasteiger partial charge in [-0.3, -0.25) is 4.79 Å².